The third kappa shape index (κ3) is 4.37. The van der Waals surface area contributed by atoms with Crippen molar-refractivity contribution in [2.24, 2.45) is 0 Å². The van der Waals surface area contributed by atoms with Crippen molar-refractivity contribution in [1.82, 2.24) is 0 Å². The minimum Gasteiger partial charge on any atom is -0.508 e. The van der Waals surface area contributed by atoms with Gasteiger partial charge in [-0.15, -0.1) is 0 Å². The number of fused-ring (bicyclic) bond motifs is 2. The maximum absolute atomic E-state index is 13.8. The van der Waals surface area contributed by atoms with E-state index in [-0.39, 0.29) is 22.3 Å². The van der Waals surface area contributed by atoms with Gasteiger partial charge in [0.25, 0.3) is 0 Å². The summed E-state index contributed by atoms with van der Waals surface area (Å²) in [5.41, 5.74) is -2.80. The largest absolute Gasteiger partial charge is 0.508 e. The first kappa shape index (κ1) is 26.7. The molecule has 13 nitrogen and oxygen atoms in total. The quantitative estimate of drug-likeness (QED) is 0.131. The highest BCUT2D eigenvalue weighted by atomic mass is 16.5. The van der Waals surface area contributed by atoms with Crippen LogP contribution in [0.1, 0.15) is 0 Å². The molecular formula is C30H18O13. The van der Waals surface area contributed by atoms with E-state index in [1.165, 1.54) is 12.1 Å². The van der Waals surface area contributed by atoms with Crippen LogP contribution in [0.3, 0.4) is 0 Å². The fraction of sp³-hybridized carbons (Fsp3) is 0. The molecule has 13 heteroatoms. The van der Waals surface area contributed by atoms with Crippen LogP contribution in [0.25, 0.3) is 44.6 Å². The van der Waals surface area contributed by atoms with Crippen molar-refractivity contribution < 1.29 is 54.4 Å². The molecule has 8 N–H and O–H groups in total. The smallest absolute Gasteiger partial charge is 0.239 e. The first-order chi connectivity index (χ1) is 20.4. The van der Waals surface area contributed by atoms with Gasteiger partial charge in [-0.3, -0.25) is 9.59 Å². The number of hydrogen-bond donors (Lipinski definition) is 8. The van der Waals surface area contributed by atoms with Crippen molar-refractivity contribution in [3.05, 3.63) is 81.1 Å². The number of phenolic OH excluding ortho intramolecular Hbond substituents is 8. The molecule has 0 aliphatic heterocycles. The Morgan fingerprint density at radius 3 is 1.23 bits per heavy atom. The van der Waals surface area contributed by atoms with E-state index < -0.39 is 90.6 Å². The van der Waals surface area contributed by atoms with Gasteiger partial charge in [0.2, 0.25) is 22.4 Å². The van der Waals surface area contributed by atoms with Crippen LogP contribution in [-0.2, 0) is 0 Å². The average Bonchev–Trinajstić information content (AvgIpc) is 2.93. The maximum atomic E-state index is 13.8. The molecule has 0 aliphatic carbocycles. The molecule has 0 fully saturated rings. The van der Waals surface area contributed by atoms with Crippen LogP contribution in [-0.4, -0.2) is 40.9 Å². The highest BCUT2D eigenvalue weighted by Gasteiger charge is 2.27. The summed E-state index contributed by atoms with van der Waals surface area (Å²) in [6.07, 6.45) is 0. The van der Waals surface area contributed by atoms with Gasteiger partial charge in [0.05, 0.1) is 0 Å². The Hall–Kier alpha value is -6.50. The van der Waals surface area contributed by atoms with Gasteiger partial charge < -0.3 is 54.4 Å². The second-order valence-corrected chi connectivity index (χ2v) is 9.36. The molecule has 6 aromatic rings. The zero-order chi connectivity index (χ0) is 30.7. The van der Waals surface area contributed by atoms with Crippen LogP contribution in [0.4, 0.5) is 0 Å². The SMILES string of the molecule is O=c1c(Oc2c(-c3ccc(O)c(O)c3)oc3cc(O)cc(O)c3c2=O)c(-c2ccc(O)c(O)c2)oc2cc(O)cc(O)c12. The van der Waals surface area contributed by atoms with Gasteiger partial charge in [0.1, 0.15) is 44.9 Å². The van der Waals surface area contributed by atoms with E-state index >= 15 is 0 Å². The lowest BCUT2D eigenvalue weighted by Crippen LogP contribution is -2.13. The number of hydrogen-bond acceptors (Lipinski definition) is 13. The Bertz CT molecular complexity index is 2090. The summed E-state index contributed by atoms with van der Waals surface area (Å²) >= 11 is 0. The summed E-state index contributed by atoms with van der Waals surface area (Å²) in [5.74, 6) is -6.85. The van der Waals surface area contributed by atoms with E-state index in [2.05, 4.69) is 0 Å². The first-order valence-electron chi connectivity index (χ1n) is 12.2. The van der Waals surface area contributed by atoms with Crippen LogP contribution in [0.5, 0.6) is 57.5 Å². The van der Waals surface area contributed by atoms with Gasteiger partial charge in [-0.2, -0.15) is 0 Å². The Labute approximate surface area is 237 Å². The predicted molar refractivity (Wildman–Crippen MR) is 149 cm³/mol. The van der Waals surface area contributed by atoms with Crippen molar-refractivity contribution in [1.29, 1.82) is 0 Å². The normalized spacial score (nSPS) is 11.3. The van der Waals surface area contributed by atoms with Crippen LogP contribution < -0.4 is 15.6 Å². The van der Waals surface area contributed by atoms with Crippen molar-refractivity contribution in [3.63, 3.8) is 0 Å². The van der Waals surface area contributed by atoms with Gasteiger partial charge in [-0.05, 0) is 36.4 Å². The van der Waals surface area contributed by atoms with E-state index in [1.807, 2.05) is 0 Å². The van der Waals surface area contributed by atoms with Crippen LogP contribution in [0.15, 0.2) is 79.1 Å². The fourth-order valence-electron chi connectivity index (χ4n) is 4.53. The van der Waals surface area contributed by atoms with E-state index in [1.54, 1.807) is 0 Å². The molecule has 2 heterocycles. The lowest BCUT2D eigenvalue weighted by Gasteiger charge is -2.15. The molecule has 0 saturated carbocycles. The first-order valence-corrected chi connectivity index (χ1v) is 12.2. The van der Waals surface area contributed by atoms with Crippen molar-refractivity contribution in [3.8, 4) is 80.1 Å². The highest BCUT2D eigenvalue weighted by molar-refractivity contribution is 5.90. The van der Waals surface area contributed by atoms with Gasteiger partial charge in [-0.25, -0.2) is 0 Å². The molecule has 0 amide bonds. The second-order valence-electron chi connectivity index (χ2n) is 9.36. The van der Waals surface area contributed by atoms with Crippen molar-refractivity contribution in [2.75, 3.05) is 0 Å². The summed E-state index contributed by atoms with van der Waals surface area (Å²) in [4.78, 5) is 27.6. The molecule has 0 spiro atoms. The Morgan fingerprint density at radius 2 is 0.860 bits per heavy atom. The lowest BCUT2D eigenvalue weighted by atomic mass is 10.1. The number of aromatic hydroxyl groups is 8. The number of phenols is 8. The Kier molecular flexibility index (Phi) is 5.93. The topological polar surface area (TPSA) is 231 Å². The molecule has 6 rings (SSSR count). The van der Waals surface area contributed by atoms with E-state index in [9.17, 15) is 50.4 Å². The van der Waals surface area contributed by atoms with Gasteiger partial charge >= 0.3 is 0 Å². The van der Waals surface area contributed by atoms with Gasteiger partial charge in [-0.1, -0.05) is 0 Å². The molecule has 216 valence electrons. The molecule has 4 aromatic carbocycles. The third-order valence-electron chi connectivity index (χ3n) is 6.51. The monoisotopic (exact) mass is 586 g/mol. The van der Waals surface area contributed by atoms with Crippen molar-refractivity contribution >= 4 is 21.9 Å². The van der Waals surface area contributed by atoms with Gasteiger partial charge in [0, 0.05) is 35.4 Å². The molecular weight excluding hydrogens is 568 g/mol. The maximum Gasteiger partial charge on any atom is 0.239 e. The average molecular weight is 586 g/mol. The molecule has 0 saturated heterocycles. The third-order valence-corrected chi connectivity index (χ3v) is 6.51. The number of ether oxygens (including phenoxy) is 1. The molecule has 0 unspecified atom stereocenters. The summed E-state index contributed by atoms with van der Waals surface area (Å²) in [6, 6.07) is 10.5. The van der Waals surface area contributed by atoms with E-state index in [0.717, 1.165) is 48.5 Å². The number of rotatable bonds is 4. The molecule has 0 radical (unpaired) electrons. The zero-order valence-corrected chi connectivity index (χ0v) is 21.4. The van der Waals surface area contributed by atoms with Crippen molar-refractivity contribution in [2.45, 2.75) is 0 Å². The molecule has 0 bridgehead atoms. The molecule has 0 atom stereocenters. The molecule has 2 aromatic heterocycles. The van der Waals surface area contributed by atoms with Crippen LogP contribution in [0.2, 0.25) is 0 Å². The predicted octanol–water partition coefficient (Wildman–Crippen LogP) is 4.67. The molecule has 43 heavy (non-hydrogen) atoms. The zero-order valence-electron chi connectivity index (χ0n) is 21.4. The Balaban J connectivity index is 1.72. The standard InChI is InChI=1S/C30H18O13/c31-13-7-19(37)23-21(9-13)41-27(11-1-3-15(33)17(35)5-11)29(25(23)39)43-30-26(40)24-20(38)8-14(32)10-22(24)42-28(30)12-2-4-16(34)18(36)6-12/h1-10,31-38H. The number of benzene rings is 4. The fourth-order valence-corrected chi connectivity index (χ4v) is 4.53. The second kappa shape index (κ2) is 9.55. The summed E-state index contributed by atoms with van der Waals surface area (Å²) in [5, 5.41) is 79.8. The minimum absolute atomic E-state index is 0.0473. The summed E-state index contributed by atoms with van der Waals surface area (Å²) in [7, 11) is 0. The Morgan fingerprint density at radius 1 is 0.465 bits per heavy atom. The van der Waals surface area contributed by atoms with Crippen LogP contribution in [0, 0.1) is 0 Å². The highest BCUT2D eigenvalue weighted by Crippen LogP contribution is 2.43. The lowest BCUT2D eigenvalue weighted by molar-refractivity contribution is 0.403. The molecule has 0 aliphatic rings. The van der Waals surface area contributed by atoms with E-state index in [4.69, 9.17) is 13.6 Å². The van der Waals surface area contributed by atoms with Crippen LogP contribution >= 0.6 is 0 Å². The van der Waals surface area contributed by atoms with Gasteiger partial charge in [0.15, 0.2) is 34.5 Å². The summed E-state index contributed by atoms with van der Waals surface area (Å²) < 4.78 is 17.5. The summed E-state index contributed by atoms with van der Waals surface area (Å²) in [6.45, 7) is 0. The minimum atomic E-state index is -1.05. The van der Waals surface area contributed by atoms with E-state index in [0.29, 0.717) is 0 Å².